The summed E-state index contributed by atoms with van der Waals surface area (Å²) >= 11 is 0. The fourth-order valence-corrected chi connectivity index (χ4v) is 2.45. The average Bonchev–Trinajstić information content (AvgIpc) is 2.12. The Morgan fingerprint density at radius 3 is 1.95 bits per heavy atom. The lowest BCUT2D eigenvalue weighted by Gasteiger charge is -2.43. The first-order valence-electron chi connectivity index (χ1n) is 6.67. The molecule has 0 heterocycles. The van der Waals surface area contributed by atoms with Crippen molar-refractivity contribution in [3.05, 3.63) is 23.3 Å². The van der Waals surface area contributed by atoms with E-state index in [9.17, 15) is 15.0 Å². The number of carbonyl (C=O) groups is 1. The zero-order valence-electron chi connectivity index (χ0n) is 13.0. The molecule has 0 aromatic heterocycles. The maximum Gasteiger partial charge on any atom is 0.314 e. The standard InChI is InChI=1S/C16H26O3/c1-10-8-16(19,15(5,6)7)9-11(14(2,3)4)12(10)13(17)18/h8-9,12,19H,1-7H3,(H,17,18). The van der Waals surface area contributed by atoms with Gasteiger partial charge in [0.15, 0.2) is 0 Å². The fraction of sp³-hybridized carbons (Fsp3) is 0.688. The van der Waals surface area contributed by atoms with Crippen molar-refractivity contribution in [3.8, 4) is 0 Å². The summed E-state index contributed by atoms with van der Waals surface area (Å²) < 4.78 is 0. The summed E-state index contributed by atoms with van der Waals surface area (Å²) in [4.78, 5) is 11.5. The fourth-order valence-electron chi connectivity index (χ4n) is 2.45. The topological polar surface area (TPSA) is 57.5 Å². The van der Waals surface area contributed by atoms with Crippen LogP contribution < -0.4 is 0 Å². The Hall–Kier alpha value is -1.09. The van der Waals surface area contributed by atoms with E-state index in [0.29, 0.717) is 5.57 Å². The minimum atomic E-state index is -1.11. The van der Waals surface area contributed by atoms with E-state index < -0.39 is 17.5 Å². The highest BCUT2D eigenvalue weighted by Gasteiger charge is 2.44. The van der Waals surface area contributed by atoms with E-state index >= 15 is 0 Å². The van der Waals surface area contributed by atoms with Gasteiger partial charge in [-0.15, -0.1) is 0 Å². The van der Waals surface area contributed by atoms with E-state index in [0.717, 1.165) is 5.57 Å². The van der Waals surface area contributed by atoms with Crippen molar-refractivity contribution >= 4 is 5.97 Å². The molecule has 3 heteroatoms. The Kier molecular flexibility index (Phi) is 3.76. The minimum absolute atomic E-state index is 0.294. The van der Waals surface area contributed by atoms with E-state index in [-0.39, 0.29) is 10.8 Å². The van der Waals surface area contributed by atoms with Crippen molar-refractivity contribution in [1.82, 2.24) is 0 Å². The predicted octanol–water partition coefficient (Wildman–Crippen LogP) is 3.40. The van der Waals surface area contributed by atoms with E-state index in [1.54, 1.807) is 19.1 Å². The first-order valence-corrected chi connectivity index (χ1v) is 6.67. The van der Waals surface area contributed by atoms with Crippen LogP contribution in [0, 0.1) is 16.7 Å². The van der Waals surface area contributed by atoms with Gasteiger partial charge in [-0.3, -0.25) is 4.79 Å². The summed E-state index contributed by atoms with van der Waals surface area (Å²) in [6, 6.07) is 0. The van der Waals surface area contributed by atoms with E-state index in [4.69, 9.17) is 0 Å². The van der Waals surface area contributed by atoms with Crippen LogP contribution in [0.25, 0.3) is 0 Å². The molecule has 0 saturated heterocycles. The molecule has 0 fully saturated rings. The summed E-state index contributed by atoms with van der Waals surface area (Å²) in [7, 11) is 0. The second-order valence-electron chi connectivity index (χ2n) is 7.58. The Bertz CT molecular complexity index is 444. The van der Waals surface area contributed by atoms with Crippen molar-refractivity contribution < 1.29 is 15.0 Å². The molecule has 1 aliphatic carbocycles. The molecule has 0 aliphatic heterocycles. The van der Waals surface area contributed by atoms with E-state index in [2.05, 4.69) is 0 Å². The van der Waals surface area contributed by atoms with Gasteiger partial charge >= 0.3 is 5.97 Å². The van der Waals surface area contributed by atoms with Gasteiger partial charge in [-0.05, 0) is 35.5 Å². The van der Waals surface area contributed by atoms with Gasteiger partial charge in [-0.25, -0.2) is 0 Å². The van der Waals surface area contributed by atoms with Crippen LogP contribution in [0.3, 0.4) is 0 Å². The molecule has 0 spiro atoms. The van der Waals surface area contributed by atoms with Gasteiger partial charge in [0.1, 0.15) is 5.60 Å². The predicted molar refractivity (Wildman–Crippen MR) is 76.8 cm³/mol. The molecule has 2 unspecified atom stereocenters. The first-order chi connectivity index (χ1) is 8.29. The Labute approximate surface area is 116 Å². The van der Waals surface area contributed by atoms with Crippen LogP contribution in [0.2, 0.25) is 0 Å². The highest BCUT2D eigenvalue weighted by Crippen LogP contribution is 2.45. The van der Waals surface area contributed by atoms with E-state index in [1.807, 2.05) is 41.5 Å². The second kappa shape index (κ2) is 4.48. The molecule has 0 bridgehead atoms. The minimum Gasteiger partial charge on any atom is -0.481 e. The molecule has 19 heavy (non-hydrogen) atoms. The summed E-state index contributed by atoms with van der Waals surface area (Å²) in [5.74, 6) is -1.49. The van der Waals surface area contributed by atoms with Crippen LogP contribution in [-0.2, 0) is 4.79 Å². The van der Waals surface area contributed by atoms with Crippen molar-refractivity contribution in [2.45, 2.75) is 54.1 Å². The van der Waals surface area contributed by atoms with Gasteiger partial charge < -0.3 is 10.2 Å². The van der Waals surface area contributed by atoms with Crippen molar-refractivity contribution in [3.63, 3.8) is 0 Å². The molecule has 108 valence electrons. The number of carboxylic acid groups (broad SMARTS) is 1. The third-order valence-electron chi connectivity index (χ3n) is 3.90. The van der Waals surface area contributed by atoms with Crippen molar-refractivity contribution in [2.24, 2.45) is 16.7 Å². The molecule has 0 aromatic rings. The number of aliphatic carboxylic acids is 1. The van der Waals surface area contributed by atoms with Gasteiger partial charge in [0, 0.05) is 0 Å². The molecular formula is C16H26O3. The second-order valence-corrected chi connectivity index (χ2v) is 7.58. The molecule has 0 radical (unpaired) electrons. The van der Waals surface area contributed by atoms with Crippen molar-refractivity contribution in [2.75, 3.05) is 0 Å². The van der Waals surface area contributed by atoms with Gasteiger partial charge in [0.05, 0.1) is 5.92 Å². The molecule has 2 atom stereocenters. The maximum atomic E-state index is 11.5. The summed E-state index contributed by atoms with van der Waals surface area (Å²) in [5.41, 5.74) is -0.299. The van der Waals surface area contributed by atoms with Crippen LogP contribution in [0.5, 0.6) is 0 Å². The molecule has 2 N–H and O–H groups in total. The highest BCUT2D eigenvalue weighted by atomic mass is 16.4. The smallest absolute Gasteiger partial charge is 0.314 e. The van der Waals surface area contributed by atoms with Crippen LogP contribution in [0.15, 0.2) is 23.3 Å². The van der Waals surface area contributed by atoms with Gasteiger partial charge in [-0.1, -0.05) is 47.1 Å². The molecule has 0 saturated carbocycles. The number of hydrogen-bond acceptors (Lipinski definition) is 2. The SMILES string of the molecule is CC1=CC(O)(C(C)(C)C)C=C(C(C)(C)C)C1C(=O)O. The summed E-state index contributed by atoms with van der Waals surface area (Å²) in [6.45, 7) is 13.6. The molecule has 1 rings (SSSR count). The van der Waals surface area contributed by atoms with Gasteiger partial charge in [-0.2, -0.15) is 0 Å². The van der Waals surface area contributed by atoms with Gasteiger partial charge in [0.2, 0.25) is 0 Å². The number of rotatable bonds is 1. The van der Waals surface area contributed by atoms with Gasteiger partial charge in [0.25, 0.3) is 0 Å². The zero-order chi connectivity index (χ0) is 15.2. The van der Waals surface area contributed by atoms with Crippen LogP contribution in [0.1, 0.15) is 48.5 Å². The first kappa shape index (κ1) is 16.0. The Morgan fingerprint density at radius 1 is 1.16 bits per heavy atom. The lowest BCUT2D eigenvalue weighted by molar-refractivity contribution is -0.139. The quantitative estimate of drug-likeness (QED) is 0.715. The molecule has 0 aromatic carbocycles. The molecule has 0 amide bonds. The average molecular weight is 266 g/mol. The van der Waals surface area contributed by atoms with Crippen molar-refractivity contribution in [1.29, 1.82) is 0 Å². The third kappa shape index (κ3) is 2.92. The number of aliphatic hydroxyl groups is 1. The monoisotopic (exact) mass is 266 g/mol. The molecule has 3 nitrogen and oxygen atoms in total. The third-order valence-corrected chi connectivity index (χ3v) is 3.90. The Morgan fingerprint density at radius 2 is 1.63 bits per heavy atom. The van der Waals surface area contributed by atoms with E-state index in [1.165, 1.54) is 0 Å². The molecular weight excluding hydrogens is 240 g/mol. The maximum absolute atomic E-state index is 11.5. The largest absolute Gasteiger partial charge is 0.481 e. The van der Waals surface area contributed by atoms with Crippen LogP contribution in [-0.4, -0.2) is 21.8 Å². The summed E-state index contributed by atoms with van der Waals surface area (Å²) in [6.07, 6.45) is 3.44. The van der Waals surface area contributed by atoms with Crippen LogP contribution in [0.4, 0.5) is 0 Å². The number of hydrogen-bond donors (Lipinski definition) is 2. The molecule has 1 aliphatic rings. The number of carboxylic acids is 1. The lowest BCUT2D eigenvalue weighted by Crippen LogP contribution is -2.44. The lowest BCUT2D eigenvalue weighted by atomic mass is 9.65. The van der Waals surface area contributed by atoms with Crippen LogP contribution >= 0.6 is 0 Å². The Balaban J connectivity index is 3.48. The highest BCUT2D eigenvalue weighted by molar-refractivity contribution is 5.78. The summed E-state index contributed by atoms with van der Waals surface area (Å²) in [5, 5.41) is 20.3. The normalized spacial score (nSPS) is 28.7. The zero-order valence-corrected chi connectivity index (χ0v) is 13.0.